The van der Waals surface area contributed by atoms with E-state index in [0.717, 1.165) is 12.1 Å². The molecular weight excluding hydrogens is 385 g/mol. The van der Waals surface area contributed by atoms with E-state index in [0.29, 0.717) is 29.1 Å². The number of halogens is 1. The number of fused-ring (bicyclic) bond motifs is 1. The Hall–Kier alpha value is -3.88. The van der Waals surface area contributed by atoms with Crippen LogP contribution in [0.3, 0.4) is 0 Å². The molecule has 4 aromatic rings. The largest absolute Gasteiger partial charge is 0.369 e. The van der Waals surface area contributed by atoms with Gasteiger partial charge in [-0.2, -0.15) is 4.39 Å². The van der Waals surface area contributed by atoms with Gasteiger partial charge in [-0.3, -0.25) is 9.78 Å². The molecule has 4 rings (SSSR count). The van der Waals surface area contributed by atoms with E-state index >= 15 is 0 Å². The number of aromatic amines is 1. The number of carbonyl (C=O) groups is 1. The molecule has 3 N–H and O–H groups in total. The molecule has 4 aromatic heterocycles. The average Bonchev–Trinajstić information content (AvgIpc) is 3.18. The lowest BCUT2D eigenvalue weighted by molar-refractivity contribution is 0.103. The van der Waals surface area contributed by atoms with Crippen LogP contribution in [0.25, 0.3) is 11.0 Å². The molecule has 8 nitrogen and oxygen atoms in total. The number of rotatable bonds is 7. The van der Waals surface area contributed by atoms with Gasteiger partial charge in [-0.25, -0.2) is 15.0 Å². The first-order chi connectivity index (χ1) is 14.6. The predicted octanol–water partition coefficient (Wildman–Crippen LogP) is 3.99. The molecule has 152 valence electrons. The Morgan fingerprint density at radius 2 is 2.00 bits per heavy atom. The second-order valence-corrected chi connectivity index (χ2v) is 6.75. The van der Waals surface area contributed by atoms with Crippen molar-refractivity contribution in [3.63, 3.8) is 0 Å². The number of nitrogens with one attached hydrogen (secondary N) is 3. The van der Waals surface area contributed by atoms with Gasteiger partial charge >= 0.3 is 0 Å². The van der Waals surface area contributed by atoms with E-state index in [1.165, 1.54) is 18.6 Å². The van der Waals surface area contributed by atoms with Crippen molar-refractivity contribution >= 4 is 34.1 Å². The van der Waals surface area contributed by atoms with Crippen molar-refractivity contribution < 1.29 is 9.18 Å². The van der Waals surface area contributed by atoms with Gasteiger partial charge in [0.1, 0.15) is 23.6 Å². The number of hydrogen-bond acceptors (Lipinski definition) is 7. The molecule has 0 amide bonds. The predicted molar refractivity (Wildman–Crippen MR) is 113 cm³/mol. The highest BCUT2D eigenvalue weighted by Gasteiger charge is 2.22. The van der Waals surface area contributed by atoms with E-state index in [1.54, 1.807) is 12.3 Å². The monoisotopic (exact) mass is 405 g/mol. The second kappa shape index (κ2) is 8.24. The fourth-order valence-corrected chi connectivity index (χ4v) is 3.03. The molecule has 0 aliphatic rings. The quantitative estimate of drug-likeness (QED) is 0.315. The van der Waals surface area contributed by atoms with Gasteiger partial charge in [0, 0.05) is 18.4 Å². The molecule has 0 bridgehead atoms. The smallest absolute Gasteiger partial charge is 0.226 e. The maximum atomic E-state index is 14.7. The van der Waals surface area contributed by atoms with Gasteiger partial charge in [-0.1, -0.05) is 6.92 Å². The van der Waals surface area contributed by atoms with Crippen molar-refractivity contribution in [1.82, 2.24) is 24.9 Å². The first-order valence-electron chi connectivity index (χ1n) is 9.53. The highest BCUT2D eigenvalue weighted by Crippen LogP contribution is 2.26. The molecule has 0 aromatic carbocycles. The number of aromatic nitrogens is 5. The van der Waals surface area contributed by atoms with Crippen LogP contribution in [0.4, 0.5) is 21.7 Å². The number of pyridine rings is 2. The molecule has 0 atom stereocenters. The summed E-state index contributed by atoms with van der Waals surface area (Å²) in [6.07, 6.45) is 5.45. The lowest BCUT2D eigenvalue weighted by atomic mass is 10.0. The van der Waals surface area contributed by atoms with Crippen LogP contribution in [0, 0.1) is 12.9 Å². The summed E-state index contributed by atoms with van der Waals surface area (Å²) in [5.41, 5.74) is 2.20. The summed E-state index contributed by atoms with van der Waals surface area (Å²) in [4.78, 5) is 32.5. The molecule has 0 saturated carbocycles. The normalized spacial score (nSPS) is 10.9. The summed E-state index contributed by atoms with van der Waals surface area (Å²) in [5.74, 6) is -0.546. The second-order valence-electron chi connectivity index (χ2n) is 6.75. The molecule has 0 radical (unpaired) electrons. The Bertz CT molecular complexity index is 1200. The zero-order chi connectivity index (χ0) is 21.1. The third-order valence-electron chi connectivity index (χ3n) is 4.53. The number of carbonyl (C=O) groups excluding carboxylic acids is 1. The summed E-state index contributed by atoms with van der Waals surface area (Å²) in [5, 5.41) is 6.68. The molecule has 30 heavy (non-hydrogen) atoms. The van der Waals surface area contributed by atoms with Crippen LogP contribution >= 0.6 is 0 Å². The Morgan fingerprint density at radius 1 is 1.13 bits per heavy atom. The highest BCUT2D eigenvalue weighted by molar-refractivity contribution is 6.18. The molecule has 0 aliphatic heterocycles. The number of hydrogen-bond donors (Lipinski definition) is 3. The number of ketones is 1. The molecule has 0 aliphatic carbocycles. The molecule has 4 heterocycles. The van der Waals surface area contributed by atoms with Crippen LogP contribution in [0.5, 0.6) is 0 Å². The zero-order valence-electron chi connectivity index (χ0n) is 16.5. The van der Waals surface area contributed by atoms with Gasteiger partial charge < -0.3 is 15.6 Å². The number of H-pyrrole nitrogens is 1. The van der Waals surface area contributed by atoms with E-state index in [9.17, 15) is 9.18 Å². The van der Waals surface area contributed by atoms with E-state index in [1.807, 2.05) is 26.0 Å². The topological polar surface area (TPSA) is 108 Å². The third kappa shape index (κ3) is 3.82. The molecule has 9 heteroatoms. The first-order valence-corrected chi connectivity index (χ1v) is 9.53. The SMILES string of the molecule is CCCNc1ncnc2[nH]cc(C(=O)c3ccc(Nc4ccc(C)nc4)nc3F)c12. The Balaban J connectivity index is 1.64. The molecule has 0 unspecified atom stereocenters. The van der Waals surface area contributed by atoms with Crippen molar-refractivity contribution in [2.45, 2.75) is 20.3 Å². The summed E-state index contributed by atoms with van der Waals surface area (Å²) in [7, 11) is 0. The maximum Gasteiger partial charge on any atom is 0.226 e. The molecular formula is C21H20FN7O. The number of anilines is 3. The van der Waals surface area contributed by atoms with Crippen LogP contribution in [0.2, 0.25) is 0 Å². The summed E-state index contributed by atoms with van der Waals surface area (Å²) >= 11 is 0. The fourth-order valence-electron chi connectivity index (χ4n) is 3.03. The van der Waals surface area contributed by atoms with Gasteiger partial charge in [0.15, 0.2) is 5.78 Å². The Labute approximate surface area is 172 Å². The first kappa shape index (κ1) is 19.4. The minimum absolute atomic E-state index is 0.131. The van der Waals surface area contributed by atoms with Gasteiger partial charge in [0.05, 0.1) is 28.4 Å². The summed E-state index contributed by atoms with van der Waals surface area (Å²) in [6, 6.07) is 6.62. The average molecular weight is 405 g/mol. The van der Waals surface area contributed by atoms with Crippen LogP contribution in [-0.4, -0.2) is 37.2 Å². The van der Waals surface area contributed by atoms with E-state index in [4.69, 9.17) is 0 Å². The van der Waals surface area contributed by atoms with Crippen molar-refractivity contribution in [3.05, 3.63) is 65.8 Å². The van der Waals surface area contributed by atoms with Crippen molar-refractivity contribution in [2.75, 3.05) is 17.2 Å². The minimum atomic E-state index is -0.862. The van der Waals surface area contributed by atoms with E-state index in [-0.39, 0.29) is 16.9 Å². The van der Waals surface area contributed by atoms with Gasteiger partial charge in [0.2, 0.25) is 5.95 Å². The third-order valence-corrected chi connectivity index (χ3v) is 4.53. The highest BCUT2D eigenvalue weighted by atomic mass is 19.1. The fraction of sp³-hybridized carbons (Fsp3) is 0.190. The van der Waals surface area contributed by atoms with E-state index < -0.39 is 11.7 Å². The lowest BCUT2D eigenvalue weighted by Crippen LogP contribution is -2.09. The van der Waals surface area contributed by atoms with Gasteiger partial charge in [-0.05, 0) is 37.6 Å². The standard InChI is InChI=1S/C21H20FN7O/c1-3-8-23-20-17-15(10-25-21(17)27-11-26-20)18(30)14-6-7-16(29-19(14)22)28-13-5-4-12(2)24-9-13/h4-7,9-11H,3,8H2,1-2H3,(H,28,29)(H2,23,25,26,27). The van der Waals surface area contributed by atoms with Crippen molar-refractivity contribution in [1.29, 1.82) is 0 Å². The van der Waals surface area contributed by atoms with Crippen LogP contribution in [0.15, 0.2) is 43.0 Å². The molecule has 0 fully saturated rings. The Morgan fingerprint density at radius 3 is 2.73 bits per heavy atom. The maximum absolute atomic E-state index is 14.7. The summed E-state index contributed by atoms with van der Waals surface area (Å²) in [6.45, 7) is 4.59. The van der Waals surface area contributed by atoms with Crippen molar-refractivity contribution in [2.24, 2.45) is 0 Å². The number of nitrogens with zero attached hydrogens (tertiary/aromatic N) is 4. The lowest BCUT2D eigenvalue weighted by Gasteiger charge is -2.08. The molecule has 0 saturated heterocycles. The van der Waals surface area contributed by atoms with E-state index in [2.05, 4.69) is 35.6 Å². The minimum Gasteiger partial charge on any atom is -0.369 e. The van der Waals surface area contributed by atoms with Crippen LogP contribution in [-0.2, 0) is 0 Å². The van der Waals surface area contributed by atoms with Crippen LogP contribution in [0.1, 0.15) is 35.0 Å². The number of aryl methyl sites for hydroxylation is 1. The van der Waals surface area contributed by atoms with Gasteiger partial charge in [-0.15, -0.1) is 0 Å². The Kier molecular flexibility index (Phi) is 5.34. The summed E-state index contributed by atoms with van der Waals surface area (Å²) < 4.78 is 14.7. The van der Waals surface area contributed by atoms with Crippen molar-refractivity contribution in [3.8, 4) is 0 Å². The van der Waals surface area contributed by atoms with Crippen LogP contribution < -0.4 is 10.6 Å². The van der Waals surface area contributed by atoms with Gasteiger partial charge in [0.25, 0.3) is 0 Å². The molecule has 0 spiro atoms. The zero-order valence-corrected chi connectivity index (χ0v) is 16.5.